The molecule has 0 spiro atoms. The number of hydrogen-bond donors (Lipinski definition) is 1. The van der Waals surface area contributed by atoms with Crippen molar-refractivity contribution in [1.29, 1.82) is 0 Å². The summed E-state index contributed by atoms with van der Waals surface area (Å²) in [5, 5.41) is 7.39. The molecule has 0 saturated heterocycles. The van der Waals surface area contributed by atoms with Crippen molar-refractivity contribution in [3.8, 4) is 11.3 Å². The lowest BCUT2D eigenvalue weighted by Gasteiger charge is -2.04. The third-order valence-electron chi connectivity index (χ3n) is 3.82. The molecule has 0 aliphatic heterocycles. The Kier molecular flexibility index (Phi) is 4.70. The molecule has 2 aromatic heterocycles. The fourth-order valence-electron chi connectivity index (χ4n) is 2.67. The molecule has 1 aromatic carbocycles. The van der Waals surface area contributed by atoms with E-state index in [0.717, 1.165) is 28.1 Å². The van der Waals surface area contributed by atoms with Gasteiger partial charge >= 0.3 is 0 Å². The van der Waals surface area contributed by atoms with Crippen molar-refractivity contribution in [2.24, 2.45) is 7.05 Å². The van der Waals surface area contributed by atoms with Crippen LogP contribution in [-0.2, 0) is 24.8 Å². The van der Waals surface area contributed by atoms with Crippen molar-refractivity contribution in [3.05, 3.63) is 71.7 Å². The monoisotopic (exact) mass is 320 g/mol. The average Bonchev–Trinajstić information content (AvgIpc) is 2.95. The SMILES string of the molecule is Cc1cccc(CC(=O)NCc2cc(-c3ccncc3)n(C)n2)c1. The molecule has 5 heteroatoms. The number of hydrogen-bond acceptors (Lipinski definition) is 3. The molecule has 0 saturated carbocycles. The van der Waals surface area contributed by atoms with Crippen molar-refractivity contribution in [2.45, 2.75) is 19.9 Å². The molecule has 0 aliphatic rings. The number of nitrogens with zero attached hydrogens (tertiary/aromatic N) is 3. The number of aromatic nitrogens is 3. The lowest BCUT2D eigenvalue weighted by atomic mass is 10.1. The van der Waals surface area contributed by atoms with Crippen LogP contribution in [0.1, 0.15) is 16.8 Å². The fraction of sp³-hybridized carbons (Fsp3) is 0.211. The standard InChI is InChI=1S/C19H20N4O/c1-14-4-3-5-15(10-14)11-19(24)21-13-17-12-18(23(2)22-17)16-6-8-20-9-7-16/h3-10,12H,11,13H2,1-2H3,(H,21,24). The molecule has 1 amide bonds. The second-order valence-corrected chi connectivity index (χ2v) is 5.82. The van der Waals surface area contributed by atoms with E-state index in [-0.39, 0.29) is 5.91 Å². The molecule has 24 heavy (non-hydrogen) atoms. The van der Waals surface area contributed by atoms with Crippen molar-refractivity contribution < 1.29 is 4.79 Å². The van der Waals surface area contributed by atoms with Gasteiger partial charge in [-0.1, -0.05) is 29.8 Å². The highest BCUT2D eigenvalue weighted by Gasteiger charge is 2.09. The molecule has 2 heterocycles. The third kappa shape index (κ3) is 3.87. The Morgan fingerprint density at radius 1 is 1.17 bits per heavy atom. The summed E-state index contributed by atoms with van der Waals surface area (Å²) in [4.78, 5) is 16.1. The Hall–Kier alpha value is -2.95. The zero-order valence-electron chi connectivity index (χ0n) is 13.9. The minimum Gasteiger partial charge on any atom is -0.350 e. The van der Waals surface area contributed by atoms with Crippen LogP contribution in [0.4, 0.5) is 0 Å². The number of benzene rings is 1. The van der Waals surface area contributed by atoms with Gasteiger partial charge in [-0.2, -0.15) is 5.10 Å². The van der Waals surface area contributed by atoms with Gasteiger partial charge in [0.05, 0.1) is 24.4 Å². The molecule has 3 rings (SSSR count). The van der Waals surface area contributed by atoms with Gasteiger partial charge in [-0.15, -0.1) is 0 Å². The number of carbonyl (C=O) groups excluding carboxylic acids is 1. The van der Waals surface area contributed by atoms with Gasteiger partial charge < -0.3 is 5.32 Å². The number of pyridine rings is 1. The van der Waals surface area contributed by atoms with Crippen LogP contribution in [0.2, 0.25) is 0 Å². The van der Waals surface area contributed by atoms with Crippen LogP contribution in [0.15, 0.2) is 54.9 Å². The smallest absolute Gasteiger partial charge is 0.224 e. The van der Waals surface area contributed by atoms with Crippen molar-refractivity contribution in [2.75, 3.05) is 0 Å². The maximum atomic E-state index is 12.1. The van der Waals surface area contributed by atoms with Gasteiger partial charge in [0.25, 0.3) is 0 Å². The van der Waals surface area contributed by atoms with E-state index < -0.39 is 0 Å². The molecular formula is C19H20N4O. The van der Waals surface area contributed by atoms with E-state index in [1.54, 1.807) is 12.4 Å². The highest BCUT2D eigenvalue weighted by molar-refractivity contribution is 5.78. The van der Waals surface area contributed by atoms with Gasteiger partial charge in [-0.3, -0.25) is 14.5 Å². The van der Waals surface area contributed by atoms with E-state index >= 15 is 0 Å². The summed E-state index contributed by atoms with van der Waals surface area (Å²) in [7, 11) is 1.90. The van der Waals surface area contributed by atoms with E-state index in [9.17, 15) is 4.79 Å². The van der Waals surface area contributed by atoms with E-state index in [0.29, 0.717) is 13.0 Å². The summed E-state index contributed by atoms with van der Waals surface area (Å²) < 4.78 is 1.82. The molecule has 3 aromatic rings. The van der Waals surface area contributed by atoms with E-state index in [2.05, 4.69) is 15.4 Å². The van der Waals surface area contributed by atoms with Gasteiger partial charge in [0.1, 0.15) is 0 Å². The Morgan fingerprint density at radius 2 is 1.96 bits per heavy atom. The summed E-state index contributed by atoms with van der Waals surface area (Å²) in [5.41, 5.74) is 5.07. The van der Waals surface area contributed by atoms with Crippen molar-refractivity contribution >= 4 is 5.91 Å². The first-order chi connectivity index (χ1) is 11.6. The molecule has 0 aliphatic carbocycles. The first-order valence-electron chi connectivity index (χ1n) is 7.87. The molecule has 0 atom stereocenters. The molecule has 0 fully saturated rings. The molecular weight excluding hydrogens is 300 g/mol. The highest BCUT2D eigenvalue weighted by Crippen LogP contribution is 2.18. The van der Waals surface area contributed by atoms with E-state index in [1.165, 1.54) is 0 Å². The second kappa shape index (κ2) is 7.08. The van der Waals surface area contributed by atoms with Gasteiger partial charge in [-0.25, -0.2) is 0 Å². The first kappa shape index (κ1) is 15.9. The van der Waals surface area contributed by atoms with E-state index in [4.69, 9.17) is 0 Å². The molecule has 0 unspecified atom stereocenters. The second-order valence-electron chi connectivity index (χ2n) is 5.82. The maximum Gasteiger partial charge on any atom is 0.224 e. The Bertz CT molecular complexity index is 840. The van der Waals surface area contributed by atoms with Gasteiger partial charge in [0.15, 0.2) is 0 Å². The molecule has 5 nitrogen and oxygen atoms in total. The van der Waals surface area contributed by atoms with Gasteiger partial charge in [-0.05, 0) is 30.7 Å². The van der Waals surface area contributed by atoms with Crippen molar-refractivity contribution in [1.82, 2.24) is 20.1 Å². The van der Waals surface area contributed by atoms with Crippen LogP contribution < -0.4 is 5.32 Å². The summed E-state index contributed by atoms with van der Waals surface area (Å²) in [5.74, 6) is -0.00304. The Labute approximate surface area is 141 Å². The number of rotatable bonds is 5. The van der Waals surface area contributed by atoms with Crippen LogP contribution in [0, 0.1) is 6.92 Å². The molecule has 0 bridgehead atoms. The number of carbonyl (C=O) groups is 1. The summed E-state index contributed by atoms with van der Waals surface area (Å²) in [6.45, 7) is 2.44. The van der Waals surface area contributed by atoms with Crippen LogP contribution >= 0.6 is 0 Å². The first-order valence-corrected chi connectivity index (χ1v) is 7.87. The minimum absolute atomic E-state index is 0.00304. The quantitative estimate of drug-likeness (QED) is 0.786. The lowest BCUT2D eigenvalue weighted by molar-refractivity contribution is -0.120. The topological polar surface area (TPSA) is 59.8 Å². The van der Waals surface area contributed by atoms with E-state index in [1.807, 2.05) is 61.1 Å². The number of aryl methyl sites for hydroxylation is 2. The number of amides is 1. The maximum absolute atomic E-state index is 12.1. The fourth-order valence-corrected chi connectivity index (χ4v) is 2.67. The van der Waals surface area contributed by atoms with Gasteiger partial charge in [0, 0.05) is 25.0 Å². The van der Waals surface area contributed by atoms with Crippen LogP contribution in [0.5, 0.6) is 0 Å². The minimum atomic E-state index is -0.00304. The third-order valence-corrected chi connectivity index (χ3v) is 3.82. The predicted molar refractivity (Wildman–Crippen MR) is 93.2 cm³/mol. The van der Waals surface area contributed by atoms with Gasteiger partial charge in [0.2, 0.25) is 5.91 Å². The Balaban J connectivity index is 1.62. The van der Waals surface area contributed by atoms with Crippen molar-refractivity contribution in [3.63, 3.8) is 0 Å². The average molecular weight is 320 g/mol. The zero-order valence-corrected chi connectivity index (χ0v) is 13.9. The summed E-state index contributed by atoms with van der Waals surface area (Å²) in [6, 6.07) is 13.9. The predicted octanol–water partition coefficient (Wildman–Crippen LogP) is 2.65. The summed E-state index contributed by atoms with van der Waals surface area (Å²) in [6.07, 6.45) is 3.89. The highest BCUT2D eigenvalue weighted by atomic mass is 16.1. The van der Waals surface area contributed by atoms with Crippen LogP contribution in [-0.4, -0.2) is 20.7 Å². The Morgan fingerprint density at radius 3 is 2.71 bits per heavy atom. The lowest BCUT2D eigenvalue weighted by Crippen LogP contribution is -2.24. The van der Waals surface area contributed by atoms with Crippen LogP contribution in [0.25, 0.3) is 11.3 Å². The van der Waals surface area contributed by atoms with Crippen LogP contribution in [0.3, 0.4) is 0 Å². The normalized spacial score (nSPS) is 10.6. The molecule has 122 valence electrons. The summed E-state index contributed by atoms with van der Waals surface area (Å²) >= 11 is 0. The molecule has 1 N–H and O–H groups in total. The zero-order chi connectivity index (χ0) is 16.9. The molecule has 0 radical (unpaired) electrons. The largest absolute Gasteiger partial charge is 0.350 e. The number of nitrogens with one attached hydrogen (secondary N) is 1.